The molecule has 262 valence electrons. The molecular formula is C36H43N3O9S. The topological polar surface area (TPSA) is 158 Å². The third-order valence-corrected chi connectivity index (χ3v) is 11.8. The molecule has 5 unspecified atom stereocenters. The number of ketones is 1. The van der Waals surface area contributed by atoms with Crippen LogP contribution in [0, 0.1) is 22.7 Å². The number of hydrogen-bond acceptors (Lipinski definition) is 10. The van der Waals surface area contributed by atoms with Gasteiger partial charge in [0.05, 0.1) is 35.6 Å². The smallest absolute Gasteiger partial charge is 0.306 e. The minimum absolute atomic E-state index is 0.00482. The lowest BCUT2D eigenvalue weighted by atomic mass is 9.77. The number of carbonyl (C=O) groups is 4. The molecule has 13 heteroatoms. The van der Waals surface area contributed by atoms with E-state index in [1.807, 2.05) is 45.0 Å². The molecule has 2 aromatic rings. The van der Waals surface area contributed by atoms with E-state index in [1.54, 1.807) is 24.4 Å². The van der Waals surface area contributed by atoms with Crippen molar-refractivity contribution in [1.29, 1.82) is 0 Å². The van der Waals surface area contributed by atoms with Crippen LogP contribution in [0.2, 0.25) is 0 Å². The Labute approximate surface area is 286 Å². The first-order valence-electron chi connectivity index (χ1n) is 16.7. The second-order valence-electron chi connectivity index (χ2n) is 14.6. The normalized spacial score (nSPS) is 28.4. The van der Waals surface area contributed by atoms with Gasteiger partial charge >= 0.3 is 5.97 Å². The Morgan fingerprint density at radius 3 is 2.53 bits per heavy atom. The van der Waals surface area contributed by atoms with Gasteiger partial charge in [0.2, 0.25) is 27.7 Å². The van der Waals surface area contributed by atoms with Crippen LogP contribution in [0.1, 0.15) is 59.3 Å². The predicted octanol–water partition coefficient (Wildman–Crippen LogP) is 3.89. The molecule has 2 aliphatic heterocycles. The number of esters is 1. The lowest BCUT2D eigenvalue weighted by Gasteiger charge is -2.34. The third-order valence-electron chi connectivity index (χ3n) is 10.0. The molecular weight excluding hydrogens is 650 g/mol. The van der Waals surface area contributed by atoms with Gasteiger partial charge in [0.25, 0.3) is 0 Å². The van der Waals surface area contributed by atoms with Gasteiger partial charge in [0.1, 0.15) is 25.1 Å². The van der Waals surface area contributed by atoms with Gasteiger partial charge in [-0.2, -0.15) is 0 Å². The van der Waals surface area contributed by atoms with Crippen molar-refractivity contribution in [2.75, 3.05) is 19.8 Å². The first-order chi connectivity index (χ1) is 23.2. The molecule has 2 saturated carbocycles. The fourth-order valence-corrected chi connectivity index (χ4v) is 8.20. The number of pyridine rings is 1. The van der Waals surface area contributed by atoms with Gasteiger partial charge < -0.3 is 19.1 Å². The van der Waals surface area contributed by atoms with Crippen LogP contribution in [0.3, 0.4) is 0 Å². The molecule has 12 nitrogen and oxygen atoms in total. The quantitative estimate of drug-likeness (QED) is 0.333. The van der Waals surface area contributed by atoms with Crippen LogP contribution in [0.15, 0.2) is 55.3 Å². The maximum atomic E-state index is 14.4. The van der Waals surface area contributed by atoms with Crippen LogP contribution >= 0.6 is 0 Å². The summed E-state index contributed by atoms with van der Waals surface area (Å²) in [6, 6.07) is 6.37. The number of rotatable bonds is 7. The van der Waals surface area contributed by atoms with Crippen LogP contribution in [0.4, 0.5) is 0 Å². The highest BCUT2D eigenvalue weighted by molar-refractivity contribution is 7.90. The fourth-order valence-electron chi connectivity index (χ4n) is 6.81. The number of benzene rings is 1. The lowest BCUT2D eigenvalue weighted by molar-refractivity contribution is -0.152. The SMILES string of the molecule is C=CC1CC1(CC(=O)C1CC2CN1C(=O)C(C(C)(C)C)CC(=O)OC/C=C\COc1ccc3ccnc(c3c1)O2)C(=O)NS(=O)(=O)C1CC1. The number of carbonyl (C=O) groups excluding carboxylic acids is 4. The Balaban J connectivity index is 1.33. The number of nitrogens with zero attached hydrogens (tertiary/aromatic N) is 2. The van der Waals surface area contributed by atoms with Gasteiger partial charge in [0, 0.05) is 24.4 Å². The van der Waals surface area contributed by atoms with E-state index < -0.39 is 73.7 Å². The fraction of sp³-hybridized carbons (Fsp3) is 0.528. The molecule has 49 heavy (non-hydrogen) atoms. The zero-order valence-electron chi connectivity index (χ0n) is 28.1. The van der Waals surface area contributed by atoms with E-state index >= 15 is 0 Å². The number of allylic oxidation sites excluding steroid dienone is 1. The van der Waals surface area contributed by atoms with Gasteiger partial charge in [-0.3, -0.25) is 23.9 Å². The second kappa shape index (κ2) is 13.2. The van der Waals surface area contributed by atoms with E-state index in [-0.39, 0.29) is 45.4 Å². The third kappa shape index (κ3) is 7.36. The van der Waals surface area contributed by atoms with E-state index in [4.69, 9.17) is 14.2 Å². The number of hydrogen-bond donors (Lipinski definition) is 1. The van der Waals surface area contributed by atoms with Crippen molar-refractivity contribution in [3.05, 3.63) is 55.3 Å². The van der Waals surface area contributed by atoms with Crippen molar-refractivity contribution < 1.29 is 41.8 Å². The van der Waals surface area contributed by atoms with Crippen molar-refractivity contribution in [1.82, 2.24) is 14.6 Å². The van der Waals surface area contributed by atoms with Crippen LogP contribution in [-0.2, 0) is 33.9 Å². The highest BCUT2D eigenvalue weighted by atomic mass is 32.2. The number of nitrogens with one attached hydrogen (secondary N) is 1. The number of aromatic nitrogens is 1. The summed E-state index contributed by atoms with van der Waals surface area (Å²) >= 11 is 0. The second-order valence-corrected chi connectivity index (χ2v) is 16.6. The van der Waals surface area contributed by atoms with E-state index in [0.29, 0.717) is 29.9 Å². The molecule has 3 heterocycles. The van der Waals surface area contributed by atoms with E-state index in [2.05, 4.69) is 16.3 Å². The molecule has 1 N–H and O–H groups in total. The average Bonchev–Trinajstić information content (AvgIpc) is 3.97. The predicted molar refractivity (Wildman–Crippen MR) is 180 cm³/mol. The van der Waals surface area contributed by atoms with Crippen molar-refractivity contribution in [3.63, 3.8) is 0 Å². The summed E-state index contributed by atoms with van der Waals surface area (Å²) in [6.07, 6.45) is 6.81. The number of fused-ring (bicyclic) bond motifs is 3. The minimum Gasteiger partial charge on any atom is -0.490 e. The summed E-state index contributed by atoms with van der Waals surface area (Å²) in [5, 5.41) is 0.948. The van der Waals surface area contributed by atoms with Crippen LogP contribution in [-0.4, -0.2) is 79.0 Å². The number of amides is 2. The first-order valence-corrected chi connectivity index (χ1v) is 18.3. The van der Waals surface area contributed by atoms with Crippen molar-refractivity contribution in [3.8, 4) is 11.6 Å². The standard InChI is InChI=1S/C36H43N3O9S/c1-5-23-19-36(23,34(43)38-49(44,45)26-10-11-26)20-30(40)29-17-25-21-39(29)33(42)28(35(2,3)4)18-31(41)47-15-7-6-14-46-24-9-8-22-12-13-37-32(48-25)27(22)16-24/h5-9,12-13,16,23,25-26,28-29H,1,10-11,14-15,17-21H2,2-4H3,(H,38,43)/b7-6-. The Morgan fingerprint density at radius 1 is 1.12 bits per heavy atom. The van der Waals surface area contributed by atoms with E-state index in [9.17, 15) is 27.6 Å². The molecule has 1 saturated heterocycles. The minimum atomic E-state index is -3.84. The van der Waals surface area contributed by atoms with Gasteiger partial charge in [-0.1, -0.05) is 32.9 Å². The Bertz CT molecular complexity index is 1810. The molecule has 6 rings (SSSR count). The van der Waals surface area contributed by atoms with Gasteiger partial charge in [0.15, 0.2) is 5.78 Å². The Morgan fingerprint density at radius 2 is 1.86 bits per heavy atom. The summed E-state index contributed by atoms with van der Waals surface area (Å²) < 4.78 is 45.3. The summed E-state index contributed by atoms with van der Waals surface area (Å²) in [5.41, 5.74) is -1.96. The number of sulfonamides is 1. The van der Waals surface area contributed by atoms with Crippen molar-refractivity contribution in [2.24, 2.45) is 22.7 Å². The Kier molecular flexibility index (Phi) is 9.33. The highest BCUT2D eigenvalue weighted by Crippen LogP contribution is 2.57. The number of cyclic esters (lactones) is 1. The molecule has 0 radical (unpaired) electrons. The van der Waals surface area contributed by atoms with E-state index in [1.165, 1.54) is 4.90 Å². The number of Topliss-reactive ketones (excluding diaryl/α,β-unsaturated/α-hetero) is 1. The van der Waals surface area contributed by atoms with Crippen molar-refractivity contribution >= 4 is 44.4 Å². The molecule has 1 aromatic heterocycles. The largest absolute Gasteiger partial charge is 0.490 e. The molecule has 4 bridgehead atoms. The number of ether oxygens (including phenoxy) is 3. The summed E-state index contributed by atoms with van der Waals surface area (Å²) in [7, 11) is -3.84. The van der Waals surface area contributed by atoms with Crippen molar-refractivity contribution in [2.45, 2.75) is 76.7 Å². The maximum absolute atomic E-state index is 14.4. The zero-order valence-corrected chi connectivity index (χ0v) is 28.9. The summed E-state index contributed by atoms with van der Waals surface area (Å²) in [4.78, 5) is 61.1. The van der Waals surface area contributed by atoms with Gasteiger partial charge in [-0.05, 0) is 66.3 Å². The molecule has 0 spiro atoms. The van der Waals surface area contributed by atoms with Crippen LogP contribution in [0.25, 0.3) is 10.8 Å². The molecule has 5 atom stereocenters. The summed E-state index contributed by atoms with van der Waals surface area (Å²) in [5.74, 6) is -2.41. The molecule has 4 aliphatic rings. The molecule has 3 fully saturated rings. The van der Waals surface area contributed by atoms with E-state index in [0.717, 1.165) is 5.39 Å². The highest BCUT2D eigenvalue weighted by Gasteiger charge is 2.61. The zero-order chi connectivity index (χ0) is 35.1. The van der Waals surface area contributed by atoms with Gasteiger partial charge in [-0.15, -0.1) is 6.58 Å². The summed E-state index contributed by atoms with van der Waals surface area (Å²) in [6.45, 7) is 9.63. The first kappa shape index (κ1) is 34.6. The van der Waals surface area contributed by atoms with Gasteiger partial charge in [-0.25, -0.2) is 13.4 Å². The van der Waals surface area contributed by atoms with Crippen LogP contribution < -0.4 is 14.2 Å². The Hall–Kier alpha value is -4.26. The maximum Gasteiger partial charge on any atom is 0.306 e. The average molecular weight is 694 g/mol. The monoisotopic (exact) mass is 693 g/mol. The lowest BCUT2D eigenvalue weighted by Crippen LogP contribution is -2.48. The molecule has 2 aliphatic carbocycles. The van der Waals surface area contributed by atoms with Crippen LogP contribution in [0.5, 0.6) is 11.6 Å². The molecule has 1 aromatic carbocycles. The molecule has 2 amide bonds.